The Morgan fingerprint density at radius 2 is 1.93 bits per heavy atom. The molecule has 0 rings (SSSR count). The number of rotatable bonds is 3. The van der Waals surface area contributed by atoms with E-state index >= 15 is 0 Å². The maximum Gasteiger partial charge on any atom is 0.410 e. The molecule has 5 nitrogen and oxygen atoms in total. The van der Waals surface area contributed by atoms with E-state index in [2.05, 4.69) is 0 Å². The number of carbonyl (C=O) groups is 1. The van der Waals surface area contributed by atoms with Crippen molar-refractivity contribution in [1.82, 2.24) is 4.90 Å². The molecule has 90 valence electrons. The van der Waals surface area contributed by atoms with Gasteiger partial charge in [-0.05, 0) is 27.7 Å². The highest BCUT2D eigenvalue weighted by atomic mass is 16.6. The maximum atomic E-state index is 11.5. The van der Waals surface area contributed by atoms with Crippen molar-refractivity contribution in [2.45, 2.75) is 45.4 Å². The van der Waals surface area contributed by atoms with Crippen molar-refractivity contribution in [2.75, 3.05) is 13.7 Å². The first kappa shape index (κ1) is 14.2. The monoisotopic (exact) mass is 219 g/mol. The van der Waals surface area contributed by atoms with Gasteiger partial charge in [0.1, 0.15) is 5.60 Å². The summed E-state index contributed by atoms with van der Waals surface area (Å²) < 4.78 is 5.11. The lowest BCUT2D eigenvalue weighted by Crippen LogP contribution is -2.46. The largest absolute Gasteiger partial charge is 0.444 e. The number of likely N-dealkylation sites (N-methyl/N-ethyl adjacent to an activating group) is 1. The minimum atomic E-state index is -0.956. The van der Waals surface area contributed by atoms with E-state index in [0.29, 0.717) is 0 Å². The highest BCUT2D eigenvalue weighted by Crippen LogP contribution is 2.11. The van der Waals surface area contributed by atoms with E-state index in [0.717, 1.165) is 0 Å². The lowest BCUT2D eigenvalue weighted by Gasteiger charge is -2.30. The number of aliphatic hydroxyl groups is 2. The van der Waals surface area contributed by atoms with Gasteiger partial charge in [0, 0.05) is 7.05 Å². The van der Waals surface area contributed by atoms with Crippen molar-refractivity contribution < 1.29 is 19.7 Å². The molecule has 0 aromatic rings. The highest BCUT2D eigenvalue weighted by molar-refractivity contribution is 5.68. The second kappa shape index (κ2) is 5.32. The molecule has 0 radical (unpaired) electrons. The zero-order valence-corrected chi connectivity index (χ0v) is 10.0. The van der Waals surface area contributed by atoms with Crippen molar-refractivity contribution in [1.29, 1.82) is 0 Å². The number of ether oxygens (including phenoxy) is 1. The predicted octanol–water partition coefficient (Wildman–Crippen LogP) is 0.595. The molecule has 5 heteroatoms. The van der Waals surface area contributed by atoms with Gasteiger partial charge in [0.2, 0.25) is 0 Å². The Kier molecular flexibility index (Phi) is 5.03. The number of nitrogens with zero attached hydrogens (tertiary/aromatic N) is 1. The van der Waals surface area contributed by atoms with Gasteiger partial charge in [-0.2, -0.15) is 0 Å². The van der Waals surface area contributed by atoms with Crippen molar-refractivity contribution in [3.8, 4) is 0 Å². The lowest BCUT2D eigenvalue weighted by atomic mass is 10.2. The minimum Gasteiger partial charge on any atom is -0.444 e. The Hall–Kier alpha value is -0.810. The topological polar surface area (TPSA) is 70.0 Å². The molecule has 2 atom stereocenters. The van der Waals surface area contributed by atoms with E-state index in [1.54, 1.807) is 27.7 Å². The van der Waals surface area contributed by atoms with Crippen molar-refractivity contribution in [3.05, 3.63) is 0 Å². The number of amides is 1. The molecule has 0 aliphatic rings. The summed E-state index contributed by atoms with van der Waals surface area (Å²) in [5, 5.41) is 18.1. The fourth-order valence-corrected chi connectivity index (χ4v) is 0.911. The minimum absolute atomic E-state index is 0.381. The molecule has 2 unspecified atom stereocenters. The Bertz CT molecular complexity index is 212. The third-order valence-corrected chi connectivity index (χ3v) is 2.04. The summed E-state index contributed by atoms with van der Waals surface area (Å²) in [6.45, 7) is 6.57. The fourth-order valence-electron chi connectivity index (χ4n) is 0.911. The van der Waals surface area contributed by atoms with Gasteiger partial charge in [-0.25, -0.2) is 4.79 Å². The summed E-state index contributed by atoms with van der Waals surface area (Å²) in [6.07, 6.45) is -1.47. The highest BCUT2D eigenvalue weighted by Gasteiger charge is 2.26. The Morgan fingerprint density at radius 1 is 1.47 bits per heavy atom. The van der Waals surface area contributed by atoms with Crippen molar-refractivity contribution in [3.63, 3.8) is 0 Å². The van der Waals surface area contributed by atoms with Crippen LogP contribution in [-0.2, 0) is 4.74 Å². The van der Waals surface area contributed by atoms with Gasteiger partial charge in [-0.15, -0.1) is 0 Å². The van der Waals surface area contributed by atoms with E-state index in [9.17, 15) is 9.90 Å². The van der Waals surface area contributed by atoms with Crippen LogP contribution in [0.3, 0.4) is 0 Å². The molecule has 1 amide bonds. The Labute approximate surface area is 90.6 Å². The SMILES string of the molecule is CC(C(O)CO)N(C)C(=O)OC(C)(C)C. The first-order valence-corrected chi connectivity index (χ1v) is 4.93. The number of aliphatic hydroxyl groups excluding tert-OH is 2. The van der Waals surface area contributed by atoms with E-state index in [1.807, 2.05) is 0 Å². The average molecular weight is 219 g/mol. The van der Waals surface area contributed by atoms with E-state index < -0.39 is 23.8 Å². The average Bonchev–Trinajstić information content (AvgIpc) is 2.11. The fraction of sp³-hybridized carbons (Fsp3) is 0.900. The zero-order chi connectivity index (χ0) is 12.2. The molecule has 0 spiro atoms. The predicted molar refractivity (Wildman–Crippen MR) is 56.6 cm³/mol. The van der Waals surface area contributed by atoms with Crippen LogP contribution in [0.5, 0.6) is 0 Å². The van der Waals surface area contributed by atoms with Gasteiger partial charge in [0.25, 0.3) is 0 Å². The lowest BCUT2D eigenvalue weighted by molar-refractivity contribution is -0.00616. The maximum absolute atomic E-state index is 11.5. The van der Waals surface area contributed by atoms with Crippen molar-refractivity contribution >= 4 is 6.09 Å². The molecule has 15 heavy (non-hydrogen) atoms. The summed E-state index contributed by atoms with van der Waals surface area (Å²) in [7, 11) is 1.53. The van der Waals surface area contributed by atoms with Crippen LogP contribution in [0.25, 0.3) is 0 Å². The molecule has 0 fully saturated rings. The van der Waals surface area contributed by atoms with Crippen molar-refractivity contribution in [2.24, 2.45) is 0 Å². The molecule has 2 N–H and O–H groups in total. The molecule has 0 heterocycles. The standard InChI is InChI=1S/C10H21NO4/c1-7(8(13)6-12)11(5)9(14)15-10(2,3)4/h7-8,12-13H,6H2,1-5H3. The van der Waals surface area contributed by atoms with E-state index in [1.165, 1.54) is 11.9 Å². The Morgan fingerprint density at radius 3 is 2.27 bits per heavy atom. The van der Waals surface area contributed by atoms with Crippen LogP contribution in [0.2, 0.25) is 0 Å². The third-order valence-electron chi connectivity index (χ3n) is 2.04. The normalized spacial score (nSPS) is 15.7. The quantitative estimate of drug-likeness (QED) is 0.729. The molecule has 0 bridgehead atoms. The third kappa shape index (κ3) is 4.99. The first-order valence-electron chi connectivity index (χ1n) is 4.93. The van der Waals surface area contributed by atoms with Crippen LogP contribution < -0.4 is 0 Å². The zero-order valence-electron chi connectivity index (χ0n) is 10.0. The van der Waals surface area contributed by atoms with Gasteiger partial charge in [-0.1, -0.05) is 0 Å². The molecular formula is C10H21NO4. The molecule has 0 aromatic carbocycles. The van der Waals surface area contributed by atoms with E-state index in [-0.39, 0.29) is 6.61 Å². The molecule has 0 aliphatic heterocycles. The number of hydrogen-bond acceptors (Lipinski definition) is 4. The summed E-state index contributed by atoms with van der Waals surface area (Å²) in [4.78, 5) is 12.8. The summed E-state index contributed by atoms with van der Waals surface area (Å²) in [5.41, 5.74) is -0.560. The van der Waals surface area contributed by atoms with Crippen LogP contribution in [0.15, 0.2) is 0 Å². The summed E-state index contributed by atoms with van der Waals surface area (Å²) >= 11 is 0. The second-order valence-electron chi connectivity index (χ2n) is 4.58. The van der Waals surface area contributed by atoms with Crippen LogP contribution in [0, 0.1) is 0 Å². The van der Waals surface area contributed by atoms with Gasteiger partial charge < -0.3 is 19.8 Å². The first-order chi connectivity index (χ1) is 6.69. The van der Waals surface area contributed by atoms with Crippen LogP contribution in [-0.4, -0.2) is 52.6 Å². The van der Waals surface area contributed by atoms with Gasteiger partial charge in [0.05, 0.1) is 18.8 Å². The number of hydrogen-bond donors (Lipinski definition) is 2. The molecule has 0 saturated carbocycles. The molecular weight excluding hydrogens is 198 g/mol. The molecule has 0 saturated heterocycles. The summed E-state index contributed by atoms with van der Waals surface area (Å²) in [5.74, 6) is 0. The summed E-state index contributed by atoms with van der Waals surface area (Å²) in [6, 6.07) is -0.482. The second-order valence-corrected chi connectivity index (χ2v) is 4.58. The van der Waals surface area contributed by atoms with Gasteiger partial charge >= 0.3 is 6.09 Å². The Balaban J connectivity index is 4.32. The van der Waals surface area contributed by atoms with Gasteiger partial charge in [-0.3, -0.25) is 0 Å². The number of carbonyl (C=O) groups excluding carboxylic acids is 1. The van der Waals surface area contributed by atoms with Crippen LogP contribution >= 0.6 is 0 Å². The van der Waals surface area contributed by atoms with Crippen LogP contribution in [0.4, 0.5) is 4.79 Å². The van der Waals surface area contributed by atoms with E-state index in [4.69, 9.17) is 9.84 Å². The molecule has 0 aliphatic carbocycles. The molecule has 0 aromatic heterocycles. The smallest absolute Gasteiger partial charge is 0.410 e. The van der Waals surface area contributed by atoms with Gasteiger partial charge in [0.15, 0.2) is 0 Å². The van der Waals surface area contributed by atoms with Crippen LogP contribution in [0.1, 0.15) is 27.7 Å².